The first-order valence-electron chi connectivity index (χ1n) is 9.73. The maximum Gasteiger partial charge on any atom is 0.319 e. The lowest BCUT2D eigenvalue weighted by atomic mass is 10.2. The van der Waals surface area contributed by atoms with Crippen LogP contribution in [-0.4, -0.2) is 15.1 Å². The Morgan fingerprint density at radius 3 is 1.90 bits per heavy atom. The number of hydrogen-bond donors (Lipinski definition) is 0. The molecule has 0 radical (unpaired) electrons. The van der Waals surface area contributed by atoms with Gasteiger partial charge >= 0.3 is 8.32 Å². The molecule has 3 aromatic carbocycles. The van der Waals surface area contributed by atoms with E-state index in [-0.39, 0.29) is 11.8 Å². The summed E-state index contributed by atoms with van der Waals surface area (Å²) in [5, 5.41) is 2.38. The predicted molar refractivity (Wildman–Crippen MR) is 123 cm³/mol. The summed E-state index contributed by atoms with van der Waals surface area (Å²) >= 11 is 3.63. The van der Waals surface area contributed by atoms with Gasteiger partial charge in [-0.2, -0.15) is 0 Å². The third kappa shape index (κ3) is 3.36. The van der Waals surface area contributed by atoms with E-state index in [0.29, 0.717) is 0 Å². The number of hydrogen-bond acceptors (Lipinski definition) is 3. The van der Waals surface area contributed by atoms with Gasteiger partial charge in [-0.3, -0.25) is 0 Å². The van der Waals surface area contributed by atoms with Crippen molar-refractivity contribution < 1.29 is 13.9 Å². The summed E-state index contributed by atoms with van der Waals surface area (Å²) in [5.41, 5.74) is 0.966. The fourth-order valence-electron chi connectivity index (χ4n) is 4.06. The molecule has 0 fully saturated rings. The fraction of sp³-hybridized carbons (Fsp3) is 0.250. The molecule has 3 nitrogen and oxygen atoms in total. The largest absolute Gasteiger partial charge is 0.534 e. The van der Waals surface area contributed by atoms with Crippen LogP contribution in [0.3, 0.4) is 0 Å². The molecule has 0 aliphatic carbocycles. The molecule has 0 atom stereocenters. The normalized spacial score (nSPS) is 13.4. The van der Waals surface area contributed by atoms with Gasteiger partial charge in [0.2, 0.25) is 6.79 Å². The summed E-state index contributed by atoms with van der Waals surface area (Å²) in [6, 6.07) is 23.3. The van der Waals surface area contributed by atoms with E-state index in [9.17, 15) is 0 Å². The smallest absolute Gasteiger partial charge is 0.319 e. The quantitative estimate of drug-likeness (QED) is 0.478. The highest BCUT2D eigenvalue weighted by Gasteiger charge is 2.52. The summed E-state index contributed by atoms with van der Waals surface area (Å²) < 4.78 is 19.4. The minimum atomic E-state index is -2.69. The molecular weight excluding hydrogens is 444 g/mol. The summed E-state index contributed by atoms with van der Waals surface area (Å²) in [4.78, 5) is 0. The Morgan fingerprint density at radius 2 is 1.38 bits per heavy atom. The van der Waals surface area contributed by atoms with Crippen LogP contribution in [-0.2, 0) is 0 Å². The zero-order valence-corrected chi connectivity index (χ0v) is 19.7. The molecule has 0 spiro atoms. The van der Waals surface area contributed by atoms with Crippen molar-refractivity contribution in [2.45, 2.75) is 32.7 Å². The molecule has 29 heavy (non-hydrogen) atoms. The SMILES string of the molecule is Cc1c(O[Si](c2ccccc2)(c2ccccc2)C(C)(C)C)cc(Br)c2c1OCO2. The maximum absolute atomic E-state index is 7.15. The van der Waals surface area contributed by atoms with Gasteiger partial charge in [-0.05, 0) is 44.3 Å². The Bertz CT molecular complexity index is 974. The minimum absolute atomic E-state index is 0.106. The summed E-state index contributed by atoms with van der Waals surface area (Å²) in [6.45, 7) is 9.09. The van der Waals surface area contributed by atoms with Gasteiger partial charge in [0, 0.05) is 5.56 Å². The number of benzene rings is 3. The van der Waals surface area contributed by atoms with E-state index in [1.165, 1.54) is 10.4 Å². The molecule has 1 aliphatic rings. The van der Waals surface area contributed by atoms with Gasteiger partial charge in [-0.15, -0.1) is 0 Å². The van der Waals surface area contributed by atoms with Crippen molar-refractivity contribution in [3.05, 3.63) is 76.8 Å². The van der Waals surface area contributed by atoms with Crippen molar-refractivity contribution in [1.29, 1.82) is 0 Å². The first-order valence-corrected chi connectivity index (χ1v) is 12.4. The van der Waals surface area contributed by atoms with Crippen LogP contribution in [0.25, 0.3) is 0 Å². The molecule has 0 N–H and O–H groups in total. The monoisotopic (exact) mass is 468 g/mol. The first kappa shape index (κ1) is 20.0. The highest BCUT2D eigenvalue weighted by atomic mass is 79.9. The Hall–Kier alpha value is -2.24. The van der Waals surface area contributed by atoms with Crippen molar-refractivity contribution in [2.24, 2.45) is 0 Å². The summed E-state index contributed by atoms with van der Waals surface area (Å²) in [7, 11) is -2.69. The van der Waals surface area contributed by atoms with Gasteiger partial charge < -0.3 is 13.9 Å². The van der Waals surface area contributed by atoms with Crippen LogP contribution >= 0.6 is 15.9 Å². The molecule has 1 heterocycles. The molecule has 0 bridgehead atoms. The van der Waals surface area contributed by atoms with E-state index >= 15 is 0 Å². The second-order valence-corrected chi connectivity index (χ2v) is 13.4. The molecule has 5 heteroatoms. The number of ether oxygens (including phenoxy) is 2. The van der Waals surface area contributed by atoms with Crippen LogP contribution in [0, 0.1) is 6.92 Å². The molecular formula is C24H25BrO3Si. The fourth-order valence-corrected chi connectivity index (χ4v) is 9.03. The van der Waals surface area contributed by atoms with E-state index < -0.39 is 8.32 Å². The van der Waals surface area contributed by atoms with E-state index in [1.807, 2.05) is 13.0 Å². The molecule has 4 rings (SSSR count). The molecule has 1 aliphatic heterocycles. The molecule has 3 aromatic rings. The number of rotatable bonds is 4. The molecule has 0 unspecified atom stereocenters. The Morgan fingerprint density at radius 1 is 0.862 bits per heavy atom. The third-order valence-electron chi connectivity index (χ3n) is 5.48. The second kappa shape index (κ2) is 7.54. The van der Waals surface area contributed by atoms with Gasteiger partial charge in [0.05, 0.1) is 4.47 Å². The molecule has 150 valence electrons. The Kier molecular flexibility index (Phi) is 5.21. The van der Waals surface area contributed by atoms with Gasteiger partial charge in [0.15, 0.2) is 11.5 Å². The van der Waals surface area contributed by atoms with Crippen LogP contribution in [0.2, 0.25) is 5.04 Å². The lowest BCUT2D eigenvalue weighted by Gasteiger charge is -2.43. The molecule has 0 aromatic heterocycles. The summed E-state index contributed by atoms with van der Waals surface area (Å²) in [5.74, 6) is 2.33. The number of halogens is 1. The van der Waals surface area contributed by atoms with E-state index in [4.69, 9.17) is 13.9 Å². The van der Waals surface area contributed by atoms with Crippen molar-refractivity contribution >= 4 is 34.6 Å². The van der Waals surface area contributed by atoms with Gasteiger partial charge in [-0.25, -0.2) is 0 Å². The standard InChI is InChI=1S/C24H25BrO3Si/c1-17-21(15-20(25)23-22(17)26-16-27-23)28-29(24(2,3)4,18-11-7-5-8-12-18)19-13-9-6-10-14-19/h5-15H,16H2,1-4H3. The third-order valence-corrected chi connectivity index (χ3v) is 11.0. The van der Waals surface area contributed by atoms with Gasteiger partial charge in [0.1, 0.15) is 5.75 Å². The topological polar surface area (TPSA) is 27.7 Å². The average Bonchev–Trinajstić information content (AvgIpc) is 3.21. The van der Waals surface area contributed by atoms with E-state index in [1.54, 1.807) is 0 Å². The maximum atomic E-state index is 7.15. The van der Waals surface area contributed by atoms with Crippen LogP contribution in [0.1, 0.15) is 26.3 Å². The van der Waals surface area contributed by atoms with E-state index in [0.717, 1.165) is 27.3 Å². The van der Waals surface area contributed by atoms with Crippen molar-refractivity contribution in [2.75, 3.05) is 6.79 Å². The van der Waals surface area contributed by atoms with Crippen LogP contribution in [0.15, 0.2) is 71.2 Å². The average molecular weight is 469 g/mol. The zero-order valence-electron chi connectivity index (χ0n) is 17.2. The minimum Gasteiger partial charge on any atom is -0.534 e. The van der Waals surface area contributed by atoms with Crippen molar-refractivity contribution in [3.8, 4) is 17.2 Å². The highest BCUT2D eigenvalue weighted by Crippen LogP contribution is 2.47. The second-order valence-electron chi connectivity index (χ2n) is 8.31. The zero-order chi connectivity index (χ0) is 20.6. The molecule has 0 saturated carbocycles. The lowest BCUT2D eigenvalue weighted by molar-refractivity contribution is 0.173. The van der Waals surface area contributed by atoms with Crippen LogP contribution in [0.5, 0.6) is 17.2 Å². The molecule has 0 saturated heterocycles. The number of fused-ring (bicyclic) bond motifs is 1. The summed E-state index contributed by atoms with van der Waals surface area (Å²) in [6.07, 6.45) is 0. The van der Waals surface area contributed by atoms with Gasteiger partial charge in [0.25, 0.3) is 0 Å². The Balaban J connectivity index is 1.97. The van der Waals surface area contributed by atoms with Crippen LogP contribution in [0.4, 0.5) is 0 Å². The predicted octanol–water partition coefficient (Wildman–Crippen LogP) is 5.43. The van der Waals surface area contributed by atoms with Crippen molar-refractivity contribution in [1.82, 2.24) is 0 Å². The molecule has 0 amide bonds. The van der Waals surface area contributed by atoms with Gasteiger partial charge in [-0.1, -0.05) is 81.4 Å². The lowest BCUT2D eigenvalue weighted by Crippen LogP contribution is -2.68. The Labute approximate surface area is 181 Å². The van der Waals surface area contributed by atoms with Crippen LogP contribution < -0.4 is 24.3 Å². The van der Waals surface area contributed by atoms with Crippen molar-refractivity contribution in [3.63, 3.8) is 0 Å². The highest BCUT2D eigenvalue weighted by molar-refractivity contribution is 9.10. The van der Waals surface area contributed by atoms with E-state index in [2.05, 4.69) is 97.4 Å². The first-order chi connectivity index (χ1) is 13.8.